The molecule has 0 heterocycles. The number of nitriles is 1. The average molecular weight is 442 g/mol. The van der Waals surface area contributed by atoms with Crippen LogP contribution in [0, 0.1) is 18.3 Å². The summed E-state index contributed by atoms with van der Waals surface area (Å²) in [6.07, 6.45) is -4.83. The summed E-state index contributed by atoms with van der Waals surface area (Å²) in [4.78, 5) is 12.1. The summed E-state index contributed by atoms with van der Waals surface area (Å²) in [6.45, 7) is 1.72. The van der Waals surface area contributed by atoms with Gasteiger partial charge in [-0.2, -0.15) is 26.9 Å². The van der Waals surface area contributed by atoms with Crippen LogP contribution in [0.25, 0.3) is 0 Å². The number of anilines is 1. The van der Waals surface area contributed by atoms with E-state index in [2.05, 4.69) is 5.32 Å². The quantitative estimate of drug-likeness (QED) is 0.665. The van der Waals surface area contributed by atoms with Crippen molar-refractivity contribution in [3.8, 4) is 6.07 Å². The molecule has 0 saturated heterocycles. The second-order valence-electron chi connectivity index (χ2n) is 6.63. The topological polar surface area (TPSA) is 116 Å². The lowest BCUT2D eigenvalue weighted by Crippen LogP contribution is -2.44. The summed E-state index contributed by atoms with van der Waals surface area (Å²) >= 11 is 0. The van der Waals surface area contributed by atoms with Gasteiger partial charge < -0.3 is 10.4 Å². The smallest absolute Gasteiger partial charge is 0.378 e. The van der Waals surface area contributed by atoms with Crippen LogP contribution in [0.1, 0.15) is 23.6 Å². The molecule has 0 aliphatic carbocycles. The Hall–Kier alpha value is -2.94. The number of hydrogen-bond acceptors (Lipinski definition) is 6. The van der Waals surface area contributed by atoms with Crippen molar-refractivity contribution in [3.05, 3.63) is 59.2 Å². The molecule has 0 bridgehead atoms. The van der Waals surface area contributed by atoms with Gasteiger partial charge in [0.05, 0.1) is 22.1 Å². The van der Waals surface area contributed by atoms with Crippen LogP contribution in [0.4, 0.5) is 18.9 Å². The van der Waals surface area contributed by atoms with Crippen LogP contribution in [-0.2, 0) is 25.3 Å². The molecular weight excluding hydrogens is 425 g/mol. The normalized spacial score (nSPS) is 13.9. The monoisotopic (exact) mass is 442 g/mol. The number of rotatable bonds is 6. The van der Waals surface area contributed by atoms with Gasteiger partial charge in [-0.3, -0.25) is 8.98 Å². The van der Waals surface area contributed by atoms with Crippen molar-refractivity contribution in [1.82, 2.24) is 0 Å². The Morgan fingerprint density at radius 1 is 1.20 bits per heavy atom. The third-order valence-electron chi connectivity index (χ3n) is 4.00. The van der Waals surface area contributed by atoms with E-state index >= 15 is 0 Å². The summed E-state index contributed by atoms with van der Waals surface area (Å²) in [5, 5.41) is 21.1. The highest BCUT2D eigenvalue weighted by Gasteiger charge is 2.36. The zero-order valence-electron chi connectivity index (χ0n) is 15.8. The highest BCUT2D eigenvalue weighted by molar-refractivity contribution is 7.86. The van der Waals surface area contributed by atoms with E-state index in [0.717, 1.165) is 24.6 Å². The van der Waals surface area contributed by atoms with Crippen LogP contribution < -0.4 is 5.32 Å². The van der Waals surface area contributed by atoms with Crippen LogP contribution in [0.3, 0.4) is 0 Å². The number of hydrogen-bond donors (Lipinski definition) is 2. The molecule has 0 aliphatic rings. The molecule has 0 aromatic heterocycles. The molecule has 7 nitrogen and oxygen atoms in total. The van der Waals surface area contributed by atoms with E-state index in [1.165, 1.54) is 30.3 Å². The van der Waals surface area contributed by atoms with Crippen LogP contribution in [0.5, 0.6) is 0 Å². The van der Waals surface area contributed by atoms with Gasteiger partial charge in [0.25, 0.3) is 16.0 Å². The number of benzene rings is 2. The first-order chi connectivity index (χ1) is 13.8. The lowest BCUT2D eigenvalue weighted by molar-refractivity contribution is -0.138. The maximum atomic E-state index is 13.0. The fourth-order valence-electron chi connectivity index (χ4n) is 2.25. The fraction of sp³-hybridized carbons (Fsp3) is 0.263. The molecule has 11 heteroatoms. The molecule has 1 unspecified atom stereocenters. The summed E-state index contributed by atoms with van der Waals surface area (Å²) < 4.78 is 68.2. The fourth-order valence-corrected chi connectivity index (χ4v) is 3.24. The van der Waals surface area contributed by atoms with Crippen LogP contribution >= 0.6 is 0 Å². The van der Waals surface area contributed by atoms with Gasteiger partial charge in [-0.15, -0.1) is 0 Å². The van der Waals surface area contributed by atoms with E-state index in [4.69, 9.17) is 9.44 Å². The number of alkyl halides is 3. The highest BCUT2D eigenvalue weighted by Crippen LogP contribution is 2.33. The predicted octanol–water partition coefficient (Wildman–Crippen LogP) is 2.98. The van der Waals surface area contributed by atoms with E-state index < -0.39 is 45.5 Å². The summed E-state index contributed by atoms with van der Waals surface area (Å²) in [7, 11) is -4.28. The molecule has 0 radical (unpaired) electrons. The number of nitrogens with one attached hydrogen (secondary N) is 1. The Morgan fingerprint density at radius 2 is 1.80 bits per heavy atom. The number of aryl methyl sites for hydroxylation is 1. The Morgan fingerprint density at radius 3 is 2.33 bits per heavy atom. The Labute approximate surface area is 170 Å². The van der Waals surface area contributed by atoms with Gasteiger partial charge in [-0.25, -0.2) is 0 Å². The van der Waals surface area contributed by atoms with Gasteiger partial charge in [-0.1, -0.05) is 17.7 Å². The second-order valence-corrected chi connectivity index (χ2v) is 8.24. The molecule has 0 aliphatic heterocycles. The van der Waals surface area contributed by atoms with Gasteiger partial charge in [0.1, 0.15) is 6.61 Å². The van der Waals surface area contributed by atoms with Crippen molar-refractivity contribution in [1.29, 1.82) is 5.26 Å². The van der Waals surface area contributed by atoms with Crippen molar-refractivity contribution in [2.75, 3.05) is 11.9 Å². The minimum atomic E-state index is -4.83. The third-order valence-corrected chi connectivity index (χ3v) is 5.27. The first-order valence-corrected chi connectivity index (χ1v) is 9.78. The minimum absolute atomic E-state index is 0.189. The van der Waals surface area contributed by atoms with Gasteiger partial charge in [0, 0.05) is 5.69 Å². The SMILES string of the molecule is Cc1ccc(S(=O)(=O)OCC(C)(O)C(=O)Nc2ccc(C#N)c(C(F)(F)F)c2)cc1. The number of nitrogens with zero attached hydrogens (tertiary/aromatic N) is 1. The maximum absolute atomic E-state index is 13.0. The Balaban J connectivity index is 2.14. The zero-order chi connectivity index (χ0) is 22.7. The molecule has 2 aromatic carbocycles. The van der Waals surface area contributed by atoms with E-state index in [9.17, 15) is 31.5 Å². The molecule has 1 atom stereocenters. The standard InChI is InChI=1S/C19H17F3N2O5S/c1-12-3-7-15(8-4-12)30(27,28)29-11-18(2,26)17(25)24-14-6-5-13(10-23)16(9-14)19(20,21)22/h3-9,26H,11H2,1-2H3,(H,24,25). The molecule has 30 heavy (non-hydrogen) atoms. The largest absolute Gasteiger partial charge is 0.417 e. The van der Waals surface area contributed by atoms with Crippen molar-refractivity contribution >= 4 is 21.7 Å². The molecule has 0 fully saturated rings. The van der Waals surface area contributed by atoms with Crippen LogP contribution in [-0.4, -0.2) is 31.6 Å². The molecule has 0 saturated carbocycles. The highest BCUT2D eigenvalue weighted by atomic mass is 32.2. The Kier molecular flexibility index (Phi) is 6.56. The van der Waals surface area contributed by atoms with Crippen molar-refractivity contribution in [2.45, 2.75) is 30.5 Å². The molecule has 2 rings (SSSR count). The van der Waals surface area contributed by atoms with Crippen molar-refractivity contribution in [3.63, 3.8) is 0 Å². The molecule has 1 amide bonds. The number of carbonyl (C=O) groups is 1. The lowest BCUT2D eigenvalue weighted by atomic mass is 10.1. The molecule has 160 valence electrons. The van der Waals surface area contributed by atoms with Gasteiger partial charge in [-0.05, 0) is 44.2 Å². The van der Waals surface area contributed by atoms with Crippen molar-refractivity contribution < 1.29 is 35.7 Å². The number of aliphatic hydroxyl groups is 1. The zero-order valence-corrected chi connectivity index (χ0v) is 16.6. The second kappa shape index (κ2) is 8.43. The average Bonchev–Trinajstić information content (AvgIpc) is 2.66. The maximum Gasteiger partial charge on any atom is 0.417 e. The molecule has 2 aromatic rings. The first kappa shape index (κ1) is 23.3. The van der Waals surface area contributed by atoms with Gasteiger partial charge >= 0.3 is 6.18 Å². The first-order valence-electron chi connectivity index (χ1n) is 8.37. The van der Waals surface area contributed by atoms with Crippen LogP contribution in [0.15, 0.2) is 47.4 Å². The van der Waals surface area contributed by atoms with E-state index in [-0.39, 0.29) is 10.6 Å². The van der Waals surface area contributed by atoms with E-state index in [1.807, 2.05) is 0 Å². The lowest BCUT2D eigenvalue weighted by Gasteiger charge is -2.22. The summed E-state index contributed by atoms with van der Waals surface area (Å²) in [5.74, 6) is -1.19. The number of amides is 1. The predicted molar refractivity (Wildman–Crippen MR) is 99.7 cm³/mol. The van der Waals surface area contributed by atoms with Crippen molar-refractivity contribution in [2.24, 2.45) is 0 Å². The summed E-state index contributed by atoms with van der Waals surface area (Å²) in [5.41, 5.74) is -3.82. The molecular formula is C19H17F3N2O5S. The third kappa shape index (κ3) is 5.56. The van der Waals surface area contributed by atoms with Gasteiger partial charge in [0.2, 0.25) is 0 Å². The Bertz CT molecular complexity index is 1090. The molecule has 2 N–H and O–H groups in total. The minimum Gasteiger partial charge on any atom is -0.378 e. The van der Waals surface area contributed by atoms with E-state index in [0.29, 0.717) is 6.07 Å². The number of carbonyl (C=O) groups excluding carboxylic acids is 1. The number of halogens is 3. The van der Waals surface area contributed by atoms with E-state index in [1.54, 1.807) is 6.92 Å². The van der Waals surface area contributed by atoms with Gasteiger partial charge in [0.15, 0.2) is 5.60 Å². The van der Waals surface area contributed by atoms with Crippen LogP contribution in [0.2, 0.25) is 0 Å². The molecule has 0 spiro atoms. The summed E-state index contributed by atoms with van der Waals surface area (Å²) in [6, 6.07) is 9.49.